The van der Waals surface area contributed by atoms with Crippen LogP contribution in [-0.4, -0.2) is 51.7 Å². The number of hydrogen-bond donors (Lipinski definition) is 0. The van der Waals surface area contributed by atoms with Crippen LogP contribution in [0.5, 0.6) is 5.75 Å². The summed E-state index contributed by atoms with van der Waals surface area (Å²) in [6.07, 6.45) is 1.44. The van der Waals surface area contributed by atoms with E-state index >= 15 is 0 Å². The molecule has 2 aromatic carbocycles. The average Bonchev–Trinajstić information content (AvgIpc) is 3.27. The number of ketones is 1. The predicted octanol–water partition coefficient (Wildman–Crippen LogP) is 3.03. The molecule has 31 heavy (non-hydrogen) atoms. The first-order chi connectivity index (χ1) is 15.1. The van der Waals surface area contributed by atoms with E-state index in [2.05, 4.69) is 10.1 Å². The number of benzene rings is 2. The van der Waals surface area contributed by atoms with E-state index in [1.165, 1.54) is 0 Å². The normalized spacial score (nSPS) is 16.2. The second kappa shape index (κ2) is 9.42. The molecule has 2 heterocycles. The Bertz CT molecular complexity index is 1030. The lowest BCUT2D eigenvalue weighted by Gasteiger charge is -2.29. The van der Waals surface area contributed by atoms with E-state index in [9.17, 15) is 9.59 Å². The number of carbonyl (C=O) groups is 2. The van der Waals surface area contributed by atoms with Crippen molar-refractivity contribution in [3.8, 4) is 5.75 Å². The Hall–Kier alpha value is -3.68. The maximum Gasteiger partial charge on any atom is 0.410 e. The molecule has 1 unspecified atom stereocenters. The second-order valence-corrected chi connectivity index (χ2v) is 7.40. The summed E-state index contributed by atoms with van der Waals surface area (Å²) >= 11 is 0. The van der Waals surface area contributed by atoms with E-state index in [1.807, 2.05) is 54.6 Å². The standard InChI is InChI=1S/C23H24N4O4/c1-30-19-9-7-17(8-10-19)13-27-16-24-22(25-27)20-14-26(12-11-21(20)28)23(29)31-15-18-5-3-2-4-6-18/h2-10,16,20H,11-15H2,1H3. The van der Waals surface area contributed by atoms with E-state index in [0.29, 0.717) is 18.9 Å². The SMILES string of the molecule is COc1ccc(Cn2cnc(C3CN(C(=O)OCc4ccccc4)CCC3=O)n2)cc1. The molecule has 1 aliphatic heterocycles. The molecule has 8 nitrogen and oxygen atoms in total. The zero-order valence-electron chi connectivity index (χ0n) is 17.3. The number of ether oxygens (including phenoxy) is 2. The van der Waals surface area contributed by atoms with Crippen LogP contribution in [-0.2, 0) is 22.7 Å². The molecule has 0 spiro atoms. The van der Waals surface area contributed by atoms with Gasteiger partial charge in [0.05, 0.1) is 19.6 Å². The van der Waals surface area contributed by atoms with Crippen molar-refractivity contribution in [3.05, 3.63) is 77.9 Å². The van der Waals surface area contributed by atoms with Crippen molar-refractivity contribution in [2.24, 2.45) is 0 Å². The van der Waals surface area contributed by atoms with E-state index < -0.39 is 12.0 Å². The zero-order valence-corrected chi connectivity index (χ0v) is 17.3. The third-order valence-electron chi connectivity index (χ3n) is 5.25. The first-order valence-electron chi connectivity index (χ1n) is 10.1. The maximum absolute atomic E-state index is 12.5. The van der Waals surface area contributed by atoms with Crippen molar-refractivity contribution < 1.29 is 19.1 Å². The molecule has 1 atom stereocenters. The lowest BCUT2D eigenvalue weighted by Crippen LogP contribution is -2.43. The van der Waals surface area contributed by atoms with E-state index in [-0.39, 0.29) is 25.4 Å². The van der Waals surface area contributed by atoms with Gasteiger partial charge in [-0.15, -0.1) is 0 Å². The quantitative estimate of drug-likeness (QED) is 0.609. The number of likely N-dealkylation sites (tertiary alicyclic amines) is 1. The van der Waals surface area contributed by atoms with Crippen molar-refractivity contribution in [3.63, 3.8) is 0 Å². The second-order valence-electron chi connectivity index (χ2n) is 7.40. The number of Topliss-reactive ketones (excluding diaryl/α,β-unsaturated/α-hetero) is 1. The van der Waals surface area contributed by atoms with Gasteiger partial charge in [0.1, 0.15) is 24.5 Å². The molecular weight excluding hydrogens is 396 g/mol. The molecule has 0 radical (unpaired) electrons. The molecule has 0 bridgehead atoms. The van der Waals surface area contributed by atoms with Crippen molar-refractivity contribution in [2.45, 2.75) is 25.5 Å². The van der Waals surface area contributed by atoms with Crippen LogP contribution >= 0.6 is 0 Å². The number of rotatable bonds is 6. The molecule has 4 rings (SSSR count). The van der Waals surface area contributed by atoms with E-state index in [1.54, 1.807) is 23.0 Å². The molecule has 8 heteroatoms. The molecule has 1 saturated heterocycles. The number of methoxy groups -OCH3 is 1. The minimum atomic E-state index is -0.546. The molecule has 1 fully saturated rings. The minimum Gasteiger partial charge on any atom is -0.497 e. The number of nitrogens with zero attached hydrogens (tertiary/aromatic N) is 4. The molecule has 1 amide bonds. The van der Waals surface area contributed by atoms with Crippen molar-refractivity contribution in [2.75, 3.05) is 20.2 Å². The maximum atomic E-state index is 12.5. The summed E-state index contributed by atoms with van der Waals surface area (Å²) < 4.78 is 12.3. The molecule has 160 valence electrons. The molecule has 1 aliphatic rings. The smallest absolute Gasteiger partial charge is 0.410 e. The topological polar surface area (TPSA) is 86.5 Å². The highest BCUT2D eigenvalue weighted by Gasteiger charge is 2.34. The van der Waals surface area contributed by atoms with Crippen LogP contribution in [0.2, 0.25) is 0 Å². The zero-order chi connectivity index (χ0) is 21.6. The third-order valence-corrected chi connectivity index (χ3v) is 5.25. The first kappa shape index (κ1) is 20.6. The Kier molecular flexibility index (Phi) is 6.26. The predicted molar refractivity (Wildman–Crippen MR) is 113 cm³/mol. The van der Waals surface area contributed by atoms with Gasteiger partial charge in [0.15, 0.2) is 5.82 Å². The van der Waals surface area contributed by atoms with Crippen LogP contribution < -0.4 is 4.74 Å². The average molecular weight is 420 g/mol. The van der Waals surface area contributed by atoms with Crippen LogP contribution in [0.4, 0.5) is 4.79 Å². The minimum absolute atomic E-state index is 0.0364. The van der Waals surface area contributed by atoms with Gasteiger partial charge in [-0.1, -0.05) is 42.5 Å². The van der Waals surface area contributed by atoms with Crippen LogP contribution in [0.15, 0.2) is 60.9 Å². The van der Waals surface area contributed by atoms with E-state index in [0.717, 1.165) is 16.9 Å². The Morgan fingerprint density at radius 2 is 1.87 bits per heavy atom. The first-order valence-corrected chi connectivity index (χ1v) is 10.1. The van der Waals surface area contributed by atoms with Gasteiger partial charge in [0.2, 0.25) is 0 Å². The number of hydrogen-bond acceptors (Lipinski definition) is 6. The lowest BCUT2D eigenvalue weighted by atomic mass is 9.96. The van der Waals surface area contributed by atoms with Crippen LogP contribution in [0.3, 0.4) is 0 Å². The number of carbonyl (C=O) groups excluding carboxylic acids is 2. The summed E-state index contributed by atoms with van der Waals surface area (Å²) in [6, 6.07) is 17.2. The van der Waals surface area contributed by atoms with Crippen molar-refractivity contribution in [1.29, 1.82) is 0 Å². The van der Waals surface area contributed by atoms with Gasteiger partial charge in [-0.05, 0) is 23.3 Å². The van der Waals surface area contributed by atoms with Gasteiger partial charge in [-0.2, -0.15) is 5.10 Å². The van der Waals surface area contributed by atoms with Gasteiger partial charge in [-0.3, -0.25) is 4.79 Å². The summed E-state index contributed by atoms with van der Waals surface area (Å²) in [5.41, 5.74) is 1.96. The highest BCUT2D eigenvalue weighted by atomic mass is 16.6. The highest BCUT2D eigenvalue weighted by molar-refractivity contribution is 5.87. The van der Waals surface area contributed by atoms with Crippen molar-refractivity contribution >= 4 is 11.9 Å². The fourth-order valence-electron chi connectivity index (χ4n) is 3.50. The Balaban J connectivity index is 1.37. The Morgan fingerprint density at radius 1 is 1.10 bits per heavy atom. The monoisotopic (exact) mass is 420 g/mol. The summed E-state index contributed by atoms with van der Waals surface area (Å²) in [4.78, 5) is 30.9. The van der Waals surface area contributed by atoms with Crippen LogP contribution in [0, 0.1) is 0 Å². The summed E-state index contributed by atoms with van der Waals surface area (Å²) in [5.74, 6) is 0.707. The molecule has 1 aromatic heterocycles. The molecular formula is C23H24N4O4. The molecule has 0 aliphatic carbocycles. The fraction of sp³-hybridized carbons (Fsp3) is 0.304. The Morgan fingerprint density at radius 3 is 2.61 bits per heavy atom. The van der Waals surface area contributed by atoms with Gasteiger partial charge in [0.25, 0.3) is 0 Å². The van der Waals surface area contributed by atoms with Crippen molar-refractivity contribution in [1.82, 2.24) is 19.7 Å². The highest BCUT2D eigenvalue weighted by Crippen LogP contribution is 2.22. The van der Waals surface area contributed by atoms with Gasteiger partial charge in [0, 0.05) is 19.5 Å². The summed E-state index contributed by atoms with van der Waals surface area (Å²) in [5, 5.41) is 4.48. The molecule has 0 saturated carbocycles. The Labute approximate surface area is 180 Å². The van der Waals surface area contributed by atoms with Crippen LogP contribution in [0.1, 0.15) is 29.3 Å². The van der Waals surface area contributed by atoms with Gasteiger partial charge in [-0.25, -0.2) is 14.5 Å². The van der Waals surface area contributed by atoms with Crippen LogP contribution in [0.25, 0.3) is 0 Å². The fourth-order valence-corrected chi connectivity index (χ4v) is 3.50. The largest absolute Gasteiger partial charge is 0.497 e. The molecule has 0 N–H and O–H groups in total. The number of piperidine rings is 1. The summed E-state index contributed by atoms with van der Waals surface area (Å²) in [7, 11) is 1.63. The van der Waals surface area contributed by atoms with Gasteiger partial charge >= 0.3 is 6.09 Å². The third kappa shape index (κ3) is 5.09. The molecule has 3 aromatic rings. The number of amides is 1. The lowest BCUT2D eigenvalue weighted by molar-refractivity contribution is -0.123. The number of aromatic nitrogens is 3. The van der Waals surface area contributed by atoms with Gasteiger partial charge < -0.3 is 14.4 Å². The van der Waals surface area contributed by atoms with E-state index in [4.69, 9.17) is 9.47 Å². The summed E-state index contributed by atoms with van der Waals surface area (Å²) in [6.45, 7) is 1.29.